The molecule has 4 bridgehead atoms. The molecule has 4 saturated carbocycles. The van der Waals surface area contributed by atoms with E-state index in [-0.39, 0.29) is 23.1 Å². The standard InChI is InChI=1S/C21H34N2O2/c1-19-9-15-10-20(2,12-19)14-21(11-15,13-19)16(18(22)25)8-17(24)23-6-4-3-5-7-23/h15-16H,3-14H2,1-2H3,(H2,22,25). The summed E-state index contributed by atoms with van der Waals surface area (Å²) in [5.41, 5.74) is 6.57. The van der Waals surface area contributed by atoms with E-state index in [1.807, 2.05) is 4.90 Å². The van der Waals surface area contributed by atoms with Crippen molar-refractivity contribution in [3.8, 4) is 0 Å². The number of piperidine rings is 1. The van der Waals surface area contributed by atoms with Crippen LogP contribution in [0.2, 0.25) is 0 Å². The van der Waals surface area contributed by atoms with Crippen LogP contribution in [-0.4, -0.2) is 29.8 Å². The van der Waals surface area contributed by atoms with Crippen LogP contribution < -0.4 is 5.73 Å². The quantitative estimate of drug-likeness (QED) is 0.847. The third-order valence-electron chi connectivity index (χ3n) is 7.84. The molecule has 4 aliphatic carbocycles. The number of carbonyl (C=O) groups excluding carboxylic acids is 2. The van der Waals surface area contributed by atoms with Crippen molar-refractivity contribution >= 4 is 11.8 Å². The number of nitrogens with zero attached hydrogens (tertiary/aromatic N) is 1. The van der Waals surface area contributed by atoms with Crippen LogP contribution in [-0.2, 0) is 9.59 Å². The zero-order valence-corrected chi connectivity index (χ0v) is 16.0. The van der Waals surface area contributed by atoms with Gasteiger partial charge in [0.15, 0.2) is 0 Å². The van der Waals surface area contributed by atoms with Gasteiger partial charge < -0.3 is 10.6 Å². The number of hydrogen-bond donors (Lipinski definition) is 1. The Morgan fingerprint density at radius 3 is 2.12 bits per heavy atom. The predicted molar refractivity (Wildman–Crippen MR) is 97.6 cm³/mol. The van der Waals surface area contributed by atoms with E-state index in [2.05, 4.69) is 13.8 Å². The third kappa shape index (κ3) is 3.00. The van der Waals surface area contributed by atoms with Crippen molar-refractivity contribution in [1.82, 2.24) is 4.90 Å². The summed E-state index contributed by atoms with van der Waals surface area (Å²) in [6.45, 7) is 6.54. The van der Waals surface area contributed by atoms with Gasteiger partial charge in [-0.05, 0) is 80.0 Å². The molecule has 1 heterocycles. The maximum atomic E-state index is 12.9. The Bertz CT molecular complexity index is 562. The Balaban J connectivity index is 1.58. The molecule has 140 valence electrons. The Morgan fingerprint density at radius 2 is 1.60 bits per heavy atom. The summed E-state index contributed by atoms with van der Waals surface area (Å²) in [6.07, 6.45) is 10.9. The minimum absolute atomic E-state index is 0.0276. The fraction of sp³-hybridized carbons (Fsp3) is 0.905. The topological polar surface area (TPSA) is 63.4 Å². The Hall–Kier alpha value is -1.06. The second kappa shape index (κ2) is 5.72. The maximum absolute atomic E-state index is 12.9. The van der Waals surface area contributed by atoms with Crippen LogP contribution in [0.4, 0.5) is 0 Å². The van der Waals surface area contributed by atoms with Gasteiger partial charge in [0.25, 0.3) is 0 Å². The van der Waals surface area contributed by atoms with Gasteiger partial charge in [-0.1, -0.05) is 13.8 Å². The number of amides is 2. The van der Waals surface area contributed by atoms with Crippen LogP contribution in [0.15, 0.2) is 0 Å². The van der Waals surface area contributed by atoms with E-state index >= 15 is 0 Å². The molecular formula is C21H34N2O2. The monoisotopic (exact) mass is 346 g/mol. The number of nitrogens with two attached hydrogens (primary N) is 1. The van der Waals surface area contributed by atoms with Crippen LogP contribution in [0.5, 0.6) is 0 Å². The lowest BCUT2D eigenvalue weighted by atomic mass is 9.38. The summed E-state index contributed by atoms with van der Waals surface area (Å²) in [5, 5.41) is 0. The van der Waals surface area contributed by atoms with Gasteiger partial charge in [0, 0.05) is 19.5 Å². The van der Waals surface area contributed by atoms with E-state index in [9.17, 15) is 9.59 Å². The van der Waals surface area contributed by atoms with Crippen LogP contribution in [0.3, 0.4) is 0 Å². The van der Waals surface area contributed by atoms with Crippen molar-refractivity contribution in [1.29, 1.82) is 0 Å². The average Bonchev–Trinajstić information content (AvgIpc) is 2.49. The van der Waals surface area contributed by atoms with Crippen molar-refractivity contribution in [2.45, 2.75) is 78.1 Å². The summed E-state index contributed by atoms with van der Waals surface area (Å²) in [5.74, 6) is 0.372. The molecule has 0 radical (unpaired) electrons. The van der Waals surface area contributed by atoms with Crippen LogP contribution >= 0.6 is 0 Å². The number of likely N-dealkylation sites (tertiary alicyclic amines) is 1. The van der Waals surface area contributed by atoms with Crippen molar-refractivity contribution in [2.75, 3.05) is 13.1 Å². The Labute approximate surface area is 151 Å². The molecule has 2 N–H and O–H groups in total. The molecule has 0 aromatic carbocycles. The van der Waals surface area contributed by atoms with E-state index in [1.165, 1.54) is 25.7 Å². The Morgan fingerprint density at radius 1 is 1.00 bits per heavy atom. The lowest BCUT2D eigenvalue weighted by Crippen LogP contribution is -2.59. The van der Waals surface area contributed by atoms with Gasteiger partial charge in [0.1, 0.15) is 0 Å². The van der Waals surface area contributed by atoms with Gasteiger partial charge in [-0.3, -0.25) is 9.59 Å². The first-order chi connectivity index (χ1) is 11.7. The van der Waals surface area contributed by atoms with Gasteiger partial charge in [0.2, 0.25) is 11.8 Å². The van der Waals surface area contributed by atoms with Gasteiger partial charge in [0.05, 0.1) is 5.92 Å². The van der Waals surface area contributed by atoms with Crippen LogP contribution in [0.25, 0.3) is 0 Å². The summed E-state index contributed by atoms with van der Waals surface area (Å²) in [6, 6.07) is 0. The lowest BCUT2D eigenvalue weighted by molar-refractivity contribution is -0.177. The molecule has 5 aliphatic rings. The minimum Gasteiger partial charge on any atom is -0.369 e. The highest BCUT2D eigenvalue weighted by molar-refractivity contribution is 5.85. The number of primary amides is 1. The molecular weight excluding hydrogens is 312 g/mol. The van der Waals surface area contributed by atoms with Crippen molar-refractivity contribution in [3.05, 3.63) is 0 Å². The molecule has 5 rings (SSSR count). The molecule has 1 saturated heterocycles. The van der Waals surface area contributed by atoms with Crippen molar-refractivity contribution < 1.29 is 9.59 Å². The number of hydrogen-bond acceptors (Lipinski definition) is 2. The molecule has 3 unspecified atom stereocenters. The fourth-order valence-corrected chi connectivity index (χ4v) is 7.99. The minimum atomic E-state index is -0.274. The third-order valence-corrected chi connectivity index (χ3v) is 7.84. The summed E-state index contributed by atoms with van der Waals surface area (Å²) in [7, 11) is 0. The van der Waals surface area contributed by atoms with Gasteiger partial charge >= 0.3 is 0 Å². The molecule has 4 heteroatoms. The SMILES string of the molecule is CC12CC3CC(C)(C1)CC(C(CC(=O)N1CCCCC1)C(N)=O)(C3)C2. The van der Waals surface area contributed by atoms with E-state index in [1.54, 1.807) is 0 Å². The second-order valence-electron chi connectivity index (χ2n) is 10.6. The fourth-order valence-electron chi connectivity index (χ4n) is 7.99. The van der Waals surface area contributed by atoms with Crippen molar-refractivity contribution in [2.24, 2.45) is 33.8 Å². The first-order valence-corrected chi connectivity index (χ1v) is 10.3. The highest BCUT2D eigenvalue weighted by atomic mass is 16.2. The maximum Gasteiger partial charge on any atom is 0.223 e. The van der Waals surface area contributed by atoms with Gasteiger partial charge in [-0.25, -0.2) is 0 Å². The summed E-state index contributed by atoms with van der Waals surface area (Å²) < 4.78 is 0. The van der Waals surface area contributed by atoms with Crippen LogP contribution in [0, 0.1) is 28.1 Å². The van der Waals surface area contributed by atoms with E-state index in [0.717, 1.165) is 51.1 Å². The molecule has 0 aromatic heterocycles. The van der Waals surface area contributed by atoms with Gasteiger partial charge in [-0.2, -0.15) is 0 Å². The molecule has 0 spiro atoms. The largest absolute Gasteiger partial charge is 0.369 e. The van der Waals surface area contributed by atoms with Gasteiger partial charge in [-0.15, -0.1) is 0 Å². The first kappa shape index (κ1) is 17.4. The summed E-state index contributed by atoms with van der Waals surface area (Å²) >= 11 is 0. The number of carbonyl (C=O) groups is 2. The highest BCUT2D eigenvalue weighted by Gasteiger charge is 2.63. The zero-order chi connectivity index (χ0) is 17.9. The van der Waals surface area contributed by atoms with Crippen molar-refractivity contribution in [3.63, 3.8) is 0 Å². The molecule has 1 aliphatic heterocycles. The molecule has 3 atom stereocenters. The van der Waals surface area contributed by atoms with Crippen LogP contribution in [0.1, 0.15) is 78.1 Å². The zero-order valence-electron chi connectivity index (χ0n) is 16.0. The number of rotatable bonds is 4. The first-order valence-electron chi connectivity index (χ1n) is 10.3. The molecule has 0 aromatic rings. The predicted octanol–water partition coefficient (Wildman–Crippen LogP) is 3.49. The van der Waals surface area contributed by atoms with E-state index in [0.29, 0.717) is 17.3 Å². The van der Waals surface area contributed by atoms with E-state index in [4.69, 9.17) is 5.73 Å². The smallest absolute Gasteiger partial charge is 0.223 e. The summed E-state index contributed by atoms with van der Waals surface area (Å²) in [4.78, 5) is 27.4. The lowest BCUT2D eigenvalue weighted by Gasteiger charge is -2.67. The Kier molecular flexibility index (Phi) is 3.97. The second-order valence-corrected chi connectivity index (χ2v) is 10.6. The molecule has 4 nitrogen and oxygen atoms in total. The van der Waals surface area contributed by atoms with E-state index < -0.39 is 0 Å². The molecule has 5 fully saturated rings. The highest BCUT2D eigenvalue weighted by Crippen LogP contribution is 2.71. The average molecular weight is 347 g/mol. The molecule has 25 heavy (non-hydrogen) atoms. The molecule has 2 amide bonds. The normalized spacial score (nSPS) is 43.9.